The second kappa shape index (κ2) is 8.63. The largest absolute Gasteiger partial charge is 0.326 e. The first kappa shape index (κ1) is 19.5. The number of benzene rings is 1. The van der Waals surface area contributed by atoms with E-state index in [0.29, 0.717) is 11.7 Å². The average Bonchev–Trinajstić information content (AvgIpc) is 2.92. The van der Waals surface area contributed by atoms with E-state index in [4.69, 9.17) is 0 Å². The number of nitrogens with zero attached hydrogens (tertiary/aromatic N) is 2. The van der Waals surface area contributed by atoms with Crippen molar-refractivity contribution in [1.82, 2.24) is 9.88 Å². The zero-order valence-electron chi connectivity index (χ0n) is 16.0. The van der Waals surface area contributed by atoms with Crippen LogP contribution in [0.2, 0.25) is 0 Å². The Balaban J connectivity index is 1.52. The molecule has 2 aromatic rings. The van der Waals surface area contributed by atoms with E-state index in [1.165, 1.54) is 11.3 Å². The predicted octanol–water partition coefficient (Wildman–Crippen LogP) is 3.36. The van der Waals surface area contributed by atoms with Crippen LogP contribution >= 0.6 is 11.3 Å². The highest BCUT2D eigenvalue weighted by molar-refractivity contribution is 7.15. The zero-order chi connectivity index (χ0) is 19.4. The summed E-state index contributed by atoms with van der Waals surface area (Å²) in [5, 5.41) is 6.51. The smallest absolute Gasteiger partial charge is 0.240 e. The molecule has 2 N–H and O–H groups in total. The third kappa shape index (κ3) is 5.37. The molecule has 3 rings (SSSR count). The lowest BCUT2D eigenvalue weighted by atomic mass is 9.97. The highest BCUT2D eigenvalue weighted by Gasteiger charge is 2.27. The molecule has 1 aromatic heterocycles. The normalized spacial score (nSPS) is 17.5. The maximum atomic E-state index is 12.6. The van der Waals surface area contributed by atoms with Crippen molar-refractivity contribution in [2.75, 3.05) is 30.3 Å². The Morgan fingerprint density at radius 1 is 1.26 bits per heavy atom. The van der Waals surface area contributed by atoms with E-state index in [1.807, 2.05) is 49.9 Å². The number of hydrogen-bond donors (Lipinski definition) is 2. The van der Waals surface area contributed by atoms with Gasteiger partial charge in [0.05, 0.1) is 18.2 Å². The number of hydrogen-bond acceptors (Lipinski definition) is 5. The number of aromatic nitrogens is 1. The van der Waals surface area contributed by atoms with Crippen molar-refractivity contribution in [3.05, 3.63) is 40.4 Å². The highest BCUT2D eigenvalue weighted by atomic mass is 32.1. The number of carbonyl (C=O) groups is 2. The fourth-order valence-electron chi connectivity index (χ4n) is 3.27. The van der Waals surface area contributed by atoms with Crippen molar-refractivity contribution in [2.24, 2.45) is 5.92 Å². The Hall–Kier alpha value is -2.25. The average molecular weight is 387 g/mol. The van der Waals surface area contributed by atoms with E-state index in [-0.39, 0.29) is 24.3 Å². The molecular formula is C20H26N4O2S. The molecule has 1 saturated heterocycles. The first-order valence-electron chi connectivity index (χ1n) is 9.24. The monoisotopic (exact) mass is 386 g/mol. The van der Waals surface area contributed by atoms with Crippen LogP contribution in [0.1, 0.15) is 29.0 Å². The van der Waals surface area contributed by atoms with Gasteiger partial charge in [0.25, 0.3) is 0 Å². The molecule has 1 aromatic carbocycles. The molecule has 27 heavy (non-hydrogen) atoms. The topological polar surface area (TPSA) is 74.3 Å². The van der Waals surface area contributed by atoms with Crippen LogP contribution in [0.5, 0.6) is 0 Å². The second-order valence-corrected chi connectivity index (χ2v) is 8.34. The number of rotatable bonds is 5. The molecule has 2 amide bonds. The van der Waals surface area contributed by atoms with E-state index < -0.39 is 0 Å². The van der Waals surface area contributed by atoms with Crippen molar-refractivity contribution >= 4 is 34.0 Å². The van der Waals surface area contributed by atoms with Gasteiger partial charge in [-0.15, -0.1) is 11.3 Å². The molecule has 0 saturated carbocycles. The summed E-state index contributed by atoms with van der Waals surface area (Å²) in [4.78, 5) is 32.4. The zero-order valence-corrected chi connectivity index (χ0v) is 16.9. The molecule has 1 fully saturated rings. The Morgan fingerprint density at radius 3 is 2.78 bits per heavy atom. The molecule has 0 aliphatic carbocycles. The number of likely N-dealkylation sites (tertiary alicyclic amines) is 1. The van der Waals surface area contributed by atoms with Crippen molar-refractivity contribution in [3.63, 3.8) is 0 Å². The van der Waals surface area contributed by atoms with Crippen LogP contribution in [-0.2, 0) is 9.59 Å². The maximum absolute atomic E-state index is 12.6. The Labute approximate surface area is 164 Å². The number of anilines is 2. The standard InChI is InChI=1S/C20H26N4O2S/c1-13-6-4-8-17(10-13)22-19(26)16-7-5-9-24(11-16)12-18(25)23-20-21-14(2)15(3)27-20/h4,6,8,10,16H,5,7,9,11-12H2,1-3H3,(H,22,26)(H,21,23,25). The second-order valence-electron chi connectivity index (χ2n) is 7.14. The lowest BCUT2D eigenvalue weighted by molar-refractivity contribution is -0.123. The minimum Gasteiger partial charge on any atom is -0.326 e. The van der Waals surface area contributed by atoms with Crippen molar-refractivity contribution in [2.45, 2.75) is 33.6 Å². The summed E-state index contributed by atoms with van der Waals surface area (Å²) >= 11 is 1.49. The number of amides is 2. The van der Waals surface area contributed by atoms with E-state index in [0.717, 1.165) is 41.2 Å². The minimum absolute atomic E-state index is 0.0249. The first-order valence-corrected chi connectivity index (χ1v) is 10.1. The minimum atomic E-state index is -0.101. The van der Waals surface area contributed by atoms with Crippen LogP contribution < -0.4 is 10.6 Å². The number of thiazole rings is 1. The quantitative estimate of drug-likeness (QED) is 0.826. The molecule has 1 atom stereocenters. The molecular weight excluding hydrogens is 360 g/mol. The molecule has 1 aliphatic rings. The van der Waals surface area contributed by atoms with Gasteiger partial charge in [-0.3, -0.25) is 14.5 Å². The summed E-state index contributed by atoms with van der Waals surface area (Å²) in [5.74, 6) is -0.156. The van der Waals surface area contributed by atoms with Crippen LogP contribution in [0.25, 0.3) is 0 Å². The molecule has 6 nitrogen and oxygen atoms in total. The van der Waals surface area contributed by atoms with Gasteiger partial charge in [0, 0.05) is 17.1 Å². The summed E-state index contributed by atoms with van der Waals surface area (Å²) in [7, 11) is 0. The number of carbonyl (C=O) groups excluding carboxylic acids is 2. The summed E-state index contributed by atoms with van der Waals surface area (Å²) in [6.45, 7) is 7.64. The predicted molar refractivity (Wildman–Crippen MR) is 109 cm³/mol. The first-order chi connectivity index (χ1) is 12.9. The van der Waals surface area contributed by atoms with Crippen LogP contribution in [-0.4, -0.2) is 41.3 Å². The maximum Gasteiger partial charge on any atom is 0.240 e. The van der Waals surface area contributed by atoms with Gasteiger partial charge >= 0.3 is 0 Å². The van der Waals surface area contributed by atoms with Gasteiger partial charge in [-0.2, -0.15) is 0 Å². The van der Waals surface area contributed by atoms with E-state index in [9.17, 15) is 9.59 Å². The fraction of sp³-hybridized carbons (Fsp3) is 0.450. The summed E-state index contributed by atoms with van der Waals surface area (Å²) in [6.07, 6.45) is 1.76. The van der Waals surface area contributed by atoms with Gasteiger partial charge in [0.15, 0.2) is 5.13 Å². The van der Waals surface area contributed by atoms with Gasteiger partial charge in [-0.05, 0) is 57.9 Å². The molecule has 0 spiro atoms. The molecule has 7 heteroatoms. The third-order valence-electron chi connectivity index (χ3n) is 4.80. The summed E-state index contributed by atoms with van der Waals surface area (Å²) < 4.78 is 0. The van der Waals surface area contributed by atoms with Crippen LogP contribution in [0.15, 0.2) is 24.3 Å². The van der Waals surface area contributed by atoms with Gasteiger partial charge < -0.3 is 10.6 Å². The Kier molecular flexibility index (Phi) is 6.23. The van der Waals surface area contributed by atoms with Gasteiger partial charge in [0.1, 0.15) is 0 Å². The third-order valence-corrected chi connectivity index (χ3v) is 5.79. The number of piperidine rings is 1. The van der Waals surface area contributed by atoms with Crippen molar-refractivity contribution in [3.8, 4) is 0 Å². The SMILES string of the molecule is Cc1cccc(NC(=O)C2CCCN(CC(=O)Nc3nc(C)c(C)s3)C2)c1. The summed E-state index contributed by atoms with van der Waals surface area (Å²) in [6, 6.07) is 7.80. The Morgan fingerprint density at radius 2 is 2.07 bits per heavy atom. The van der Waals surface area contributed by atoms with Gasteiger partial charge in [-0.25, -0.2) is 4.98 Å². The molecule has 2 heterocycles. The van der Waals surface area contributed by atoms with Crippen molar-refractivity contribution in [1.29, 1.82) is 0 Å². The molecule has 144 valence electrons. The van der Waals surface area contributed by atoms with Crippen LogP contribution in [0.4, 0.5) is 10.8 Å². The number of nitrogens with one attached hydrogen (secondary N) is 2. The van der Waals surface area contributed by atoms with Crippen LogP contribution in [0, 0.1) is 26.7 Å². The van der Waals surface area contributed by atoms with Crippen molar-refractivity contribution < 1.29 is 9.59 Å². The molecule has 0 bridgehead atoms. The molecule has 0 radical (unpaired) electrons. The van der Waals surface area contributed by atoms with Gasteiger partial charge in [-0.1, -0.05) is 12.1 Å². The van der Waals surface area contributed by atoms with E-state index in [2.05, 4.69) is 15.6 Å². The summed E-state index contributed by atoms with van der Waals surface area (Å²) in [5.41, 5.74) is 2.88. The highest BCUT2D eigenvalue weighted by Crippen LogP contribution is 2.22. The van der Waals surface area contributed by atoms with Crippen LogP contribution in [0.3, 0.4) is 0 Å². The Bertz CT molecular complexity index is 814. The number of aryl methyl sites for hydroxylation is 3. The lowest BCUT2D eigenvalue weighted by Crippen LogP contribution is -2.44. The molecule has 1 unspecified atom stereocenters. The van der Waals surface area contributed by atoms with E-state index in [1.54, 1.807) is 0 Å². The van der Waals surface area contributed by atoms with E-state index >= 15 is 0 Å². The molecule has 1 aliphatic heterocycles. The van der Waals surface area contributed by atoms with Gasteiger partial charge in [0.2, 0.25) is 11.8 Å². The fourth-order valence-corrected chi connectivity index (χ4v) is 4.10. The lowest BCUT2D eigenvalue weighted by Gasteiger charge is -2.31.